The van der Waals surface area contributed by atoms with Gasteiger partial charge in [-0.2, -0.15) is 0 Å². The van der Waals surface area contributed by atoms with Crippen LogP contribution in [0.25, 0.3) is 0 Å². The molecule has 104 valence electrons. The van der Waals surface area contributed by atoms with Crippen LogP contribution in [0.2, 0.25) is 0 Å². The second kappa shape index (κ2) is 6.57. The van der Waals surface area contributed by atoms with Gasteiger partial charge in [0.25, 0.3) is 0 Å². The Kier molecular flexibility index (Phi) is 4.80. The Morgan fingerprint density at radius 2 is 2.26 bits per heavy atom. The van der Waals surface area contributed by atoms with Gasteiger partial charge in [-0.15, -0.1) is 0 Å². The van der Waals surface area contributed by atoms with E-state index in [2.05, 4.69) is 17.9 Å². The third-order valence-corrected chi connectivity index (χ3v) is 3.30. The van der Waals surface area contributed by atoms with E-state index in [-0.39, 0.29) is 12.1 Å². The number of methoxy groups -OCH3 is 1. The summed E-state index contributed by atoms with van der Waals surface area (Å²) in [6.07, 6.45) is 2.06. The molecule has 1 aromatic rings. The molecular weight excluding hydrogens is 242 g/mol. The summed E-state index contributed by atoms with van der Waals surface area (Å²) in [7, 11) is 1.42. The van der Waals surface area contributed by atoms with Gasteiger partial charge >= 0.3 is 5.97 Å². The number of hydrogen-bond donors (Lipinski definition) is 0. The minimum atomic E-state index is -0.191. The Hall–Kier alpha value is -1.55. The van der Waals surface area contributed by atoms with Gasteiger partial charge in [-0.05, 0) is 24.6 Å². The van der Waals surface area contributed by atoms with Gasteiger partial charge in [0.15, 0.2) is 0 Å². The summed E-state index contributed by atoms with van der Waals surface area (Å²) in [6.45, 7) is 4.08. The van der Waals surface area contributed by atoms with Crippen LogP contribution >= 0.6 is 0 Å². The van der Waals surface area contributed by atoms with Crippen molar-refractivity contribution < 1.29 is 14.3 Å². The van der Waals surface area contributed by atoms with Crippen molar-refractivity contribution in [1.82, 2.24) is 4.90 Å². The largest absolute Gasteiger partial charge is 0.488 e. The van der Waals surface area contributed by atoms with Gasteiger partial charge in [0, 0.05) is 13.0 Å². The van der Waals surface area contributed by atoms with Gasteiger partial charge in [-0.25, -0.2) is 0 Å². The van der Waals surface area contributed by atoms with Crippen molar-refractivity contribution in [3.05, 3.63) is 29.8 Å². The van der Waals surface area contributed by atoms with Crippen molar-refractivity contribution in [3.8, 4) is 5.75 Å². The molecule has 4 heteroatoms. The van der Waals surface area contributed by atoms with Crippen LogP contribution in [0.5, 0.6) is 5.75 Å². The number of ether oxygens (including phenoxy) is 2. The average molecular weight is 263 g/mol. The first-order chi connectivity index (χ1) is 9.22. The molecule has 1 heterocycles. The predicted molar refractivity (Wildman–Crippen MR) is 73.3 cm³/mol. The summed E-state index contributed by atoms with van der Waals surface area (Å²) in [4.78, 5) is 13.5. The molecular formula is C15H21NO3. The van der Waals surface area contributed by atoms with Gasteiger partial charge in [0.05, 0.1) is 13.7 Å². The topological polar surface area (TPSA) is 38.8 Å². The molecule has 0 saturated carbocycles. The fraction of sp³-hybridized carbons (Fsp3) is 0.533. The monoisotopic (exact) mass is 263 g/mol. The highest BCUT2D eigenvalue weighted by Crippen LogP contribution is 2.28. The number of para-hydroxylation sites is 1. The number of benzene rings is 1. The summed E-state index contributed by atoms with van der Waals surface area (Å²) in [5, 5.41) is 0. The highest BCUT2D eigenvalue weighted by molar-refractivity contribution is 5.71. The normalized spacial score (nSPS) is 17.1. The Balaban J connectivity index is 1.91. The number of hydrogen-bond acceptors (Lipinski definition) is 4. The molecule has 1 atom stereocenters. The van der Waals surface area contributed by atoms with Crippen LogP contribution in [0.1, 0.15) is 18.9 Å². The minimum absolute atomic E-state index is 0.133. The van der Waals surface area contributed by atoms with Crippen molar-refractivity contribution >= 4 is 5.97 Å². The van der Waals surface area contributed by atoms with Gasteiger partial charge in [-0.3, -0.25) is 9.69 Å². The van der Waals surface area contributed by atoms with E-state index in [0.29, 0.717) is 6.54 Å². The first-order valence-electron chi connectivity index (χ1n) is 6.76. The molecule has 0 amide bonds. The quantitative estimate of drug-likeness (QED) is 0.735. The zero-order valence-electron chi connectivity index (χ0n) is 11.6. The van der Waals surface area contributed by atoms with E-state index in [9.17, 15) is 4.79 Å². The van der Waals surface area contributed by atoms with E-state index in [0.717, 1.165) is 31.7 Å². The summed E-state index contributed by atoms with van der Waals surface area (Å²) >= 11 is 0. The number of fused-ring (bicyclic) bond motifs is 1. The molecule has 0 saturated heterocycles. The molecule has 2 rings (SSSR count). The lowest BCUT2D eigenvalue weighted by Gasteiger charge is -2.23. The van der Waals surface area contributed by atoms with E-state index in [1.54, 1.807) is 0 Å². The number of carbonyl (C=O) groups excluding carboxylic acids is 1. The van der Waals surface area contributed by atoms with E-state index in [1.807, 2.05) is 18.2 Å². The van der Waals surface area contributed by atoms with Crippen LogP contribution in [0, 0.1) is 0 Å². The molecule has 0 N–H and O–H groups in total. The standard InChI is InChI=1S/C15H21NO3/c1-3-8-16(11-15(17)18-2)10-13-9-12-6-4-5-7-14(12)19-13/h4-7,13H,3,8-11H2,1-2H3. The number of rotatable bonds is 6. The molecule has 0 fully saturated rings. The molecule has 1 aliphatic rings. The highest BCUT2D eigenvalue weighted by atomic mass is 16.5. The summed E-state index contributed by atoms with van der Waals surface area (Å²) < 4.78 is 10.6. The Labute approximate surface area is 114 Å². The molecule has 0 aromatic heterocycles. The maximum absolute atomic E-state index is 11.4. The van der Waals surface area contributed by atoms with E-state index in [1.165, 1.54) is 12.7 Å². The fourth-order valence-corrected chi connectivity index (χ4v) is 2.44. The summed E-state index contributed by atoms with van der Waals surface area (Å²) in [5.41, 5.74) is 1.25. The summed E-state index contributed by atoms with van der Waals surface area (Å²) in [6, 6.07) is 8.11. The Morgan fingerprint density at radius 1 is 1.47 bits per heavy atom. The lowest BCUT2D eigenvalue weighted by Crippen LogP contribution is -2.39. The molecule has 0 aliphatic carbocycles. The fourth-order valence-electron chi connectivity index (χ4n) is 2.44. The van der Waals surface area contributed by atoms with Crippen LogP contribution < -0.4 is 4.74 Å². The number of carbonyl (C=O) groups is 1. The second-order valence-electron chi connectivity index (χ2n) is 4.86. The first kappa shape index (κ1) is 13.9. The van der Waals surface area contributed by atoms with E-state index >= 15 is 0 Å². The highest BCUT2D eigenvalue weighted by Gasteiger charge is 2.25. The maximum Gasteiger partial charge on any atom is 0.319 e. The van der Waals surface area contributed by atoms with E-state index < -0.39 is 0 Å². The zero-order valence-corrected chi connectivity index (χ0v) is 11.6. The van der Waals surface area contributed by atoms with Gasteiger partial charge in [0.1, 0.15) is 11.9 Å². The lowest BCUT2D eigenvalue weighted by molar-refractivity contribution is -0.142. The Morgan fingerprint density at radius 3 is 2.95 bits per heavy atom. The third kappa shape index (κ3) is 3.70. The smallest absolute Gasteiger partial charge is 0.319 e. The molecule has 1 aliphatic heterocycles. The van der Waals surface area contributed by atoms with Gasteiger partial charge < -0.3 is 9.47 Å². The van der Waals surface area contributed by atoms with Crippen molar-refractivity contribution in [2.75, 3.05) is 26.7 Å². The van der Waals surface area contributed by atoms with Crippen LogP contribution in [-0.2, 0) is 16.0 Å². The lowest BCUT2D eigenvalue weighted by atomic mass is 10.1. The van der Waals surface area contributed by atoms with Crippen molar-refractivity contribution in [2.45, 2.75) is 25.9 Å². The van der Waals surface area contributed by atoms with Crippen molar-refractivity contribution in [3.63, 3.8) is 0 Å². The predicted octanol–water partition coefficient (Wildman–Crippen LogP) is 1.88. The van der Waals surface area contributed by atoms with Crippen molar-refractivity contribution in [1.29, 1.82) is 0 Å². The molecule has 1 aromatic carbocycles. The number of esters is 1. The van der Waals surface area contributed by atoms with Crippen LogP contribution in [0.3, 0.4) is 0 Å². The minimum Gasteiger partial charge on any atom is -0.488 e. The van der Waals surface area contributed by atoms with Crippen molar-refractivity contribution in [2.24, 2.45) is 0 Å². The summed E-state index contributed by atoms with van der Waals surface area (Å²) in [5.74, 6) is 0.783. The SMILES string of the molecule is CCCN(CC(=O)OC)CC1Cc2ccccc2O1. The Bertz CT molecular complexity index is 408. The van der Waals surface area contributed by atoms with E-state index in [4.69, 9.17) is 9.47 Å². The average Bonchev–Trinajstić information content (AvgIpc) is 2.80. The van der Waals surface area contributed by atoms with Gasteiger partial charge in [-0.1, -0.05) is 25.1 Å². The van der Waals surface area contributed by atoms with Crippen LogP contribution in [0.15, 0.2) is 24.3 Å². The van der Waals surface area contributed by atoms with Gasteiger partial charge in [0.2, 0.25) is 0 Å². The molecule has 0 bridgehead atoms. The molecule has 0 spiro atoms. The maximum atomic E-state index is 11.4. The van der Waals surface area contributed by atoms with Crippen LogP contribution in [-0.4, -0.2) is 43.7 Å². The molecule has 1 unspecified atom stereocenters. The molecule has 0 radical (unpaired) electrons. The first-order valence-corrected chi connectivity index (χ1v) is 6.76. The van der Waals surface area contributed by atoms with Crippen LogP contribution in [0.4, 0.5) is 0 Å². The molecule has 4 nitrogen and oxygen atoms in total. The third-order valence-electron chi connectivity index (χ3n) is 3.30. The zero-order chi connectivity index (χ0) is 13.7. The second-order valence-corrected chi connectivity index (χ2v) is 4.86. The number of nitrogens with zero attached hydrogens (tertiary/aromatic N) is 1. The molecule has 19 heavy (non-hydrogen) atoms.